The number of nitrogens with two attached hydrogens (primary N) is 1. The molecule has 0 aromatic carbocycles. The molecule has 4 N–H and O–H groups in total. The van der Waals surface area contributed by atoms with E-state index >= 15 is 0 Å². The average Bonchev–Trinajstić information content (AvgIpc) is 3.21. The molecular formula is C15H16N4O2S. The van der Waals surface area contributed by atoms with Crippen LogP contribution in [0, 0.1) is 0 Å². The summed E-state index contributed by atoms with van der Waals surface area (Å²) < 4.78 is 1.90. The van der Waals surface area contributed by atoms with Crippen molar-refractivity contribution < 1.29 is 10.2 Å². The number of hydrogen-bond donors (Lipinski definition) is 3. The Labute approximate surface area is 130 Å². The molecule has 0 unspecified atom stereocenters. The van der Waals surface area contributed by atoms with E-state index in [1.165, 1.54) is 6.33 Å². The maximum atomic E-state index is 10.5. The van der Waals surface area contributed by atoms with E-state index in [-0.39, 0.29) is 12.0 Å². The van der Waals surface area contributed by atoms with Gasteiger partial charge in [-0.3, -0.25) is 0 Å². The summed E-state index contributed by atoms with van der Waals surface area (Å²) in [5.41, 5.74) is 6.55. The van der Waals surface area contributed by atoms with Gasteiger partial charge in [0, 0.05) is 17.0 Å². The van der Waals surface area contributed by atoms with Crippen LogP contribution in [0.25, 0.3) is 11.0 Å². The Morgan fingerprint density at radius 3 is 2.86 bits per heavy atom. The smallest absolute Gasteiger partial charge is 0.145 e. The first-order valence-corrected chi connectivity index (χ1v) is 8.01. The number of nitrogen functional groups attached to an aromatic ring is 1. The van der Waals surface area contributed by atoms with Gasteiger partial charge in [-0.2, -0.15) is 0 Å². The molecule has 0 saturated heterocycles. The lowest BCUT2D eigenvalue weighted by atomic mass is 10.0. The first-order valence-electron chi connectivity index (χ1n) is 7.13. The molecule has 0 aliphatic heterocycles. The van der Waals surface area contributed by atoms with Crippen LogP contribution in [-0.2, 0) is 0 Å². The van der Waals surface area contributed by atoms with Gasteiger partial charge < -0.3 is 20.5 Å². The first kappa shape index (κ1) is 13.7. The summed E-state index contributed by atoms with van der Waals surface area (Å²) in [7, 11) is 0. The lowest BCUT2D eigenvalue weighted by Crippen LogP contribution is -2.28. The van der Waals surface area contributed by atoms with Crippen molar-refractivity contribution >= 4 is 28.2 Å². The van der Waals surface area contributed by atoms with Crippen LogP contribution < -0.4 is 5.73 Å². The summed E-state index contributed by atoms with van der Waals surface area (Å²) in [4.78, 5) is 9.35. The topological polar surface area (TPSA) is 97.2 Å². The van der Waals surface area contributed by atoms with Gasteiger partial charge in [-0.15, -0.1) is 11.3 Å². The van der Waals surface area contributed by atoms with E-state index in [0.717, 1.165) is 10.3 Å². The predicted octanol–water partition coefficient (Wildman–Crippen LogP) is 1.53. The number of aromatic nitrogens is 3. The van der Waals surface area contributed by atoms with Crippen molar-refractivity contribution in [3.8, 4) is 0 Å². The summed E-state index contributed by atoms with van der Waals surface area (Å²) in [6, 6.07) is 5.59. The Bertz CT molecular complexity index is 801. The quantitative estimate of drug-likeness (QED) is 0.666. The van der Waals surface area contributed by atoms with Crippen LogP contribution in [0.1, 0.15) is 23.3 Å². The summed E-state index contributed by atoms with van der Waals surface area (Å²) >= 11 is 1.61. The molecule has 4 atom stereocenters. The van der Waals surface area contributed by atoms with Crippen molar-refractivity contribution in [2.75, 3.05) is 5.73 Å². The van der Waals surface area contributed by atoms with Crippen molar-refractivity contribution in [1.82, 2.24) is 14.5 Å². The molecular weight excluding hydrogens is 300 g/mol. The highest BCUT2D eigenvalue weighted by Crippen LogP contribution is 2.43. The molecule has 22 heavy (non-hydrogen) atoms. The van der Waals surface area contributed by atoms with E-state index in [2.05, 4.69) is 9.97 Å². The Hall–Kier alpha value is -1.96. The van der Waals surface area contributed by atoms with E-state index in [0.29, 0.717) is 17.9 Å². The molecule has 1 aliphatic carbocycles. The van der Waals surface area contributed by atoms with Crippen molar-refractivity contribution in [2.45, 2.75) is 30.6 Å². The molecule has 7 heteroatoms. The molecule has 6 nitrogen and oxygen atoms in total. The second-order valence-corrected chi connectivity index (χ2v) is 6.60. The molecule has 0 amide bonds. The zero-order valence-corrected chi connectivity index (χ0v) is 12.5. The minimum absolute atomic E-state index is 0.0587. The number of aliphatic hydroxyl groups excluding tert-OH is 2. The molecule has 3 heterocycles. The second-order valence-electron chi connectivity index (χ2n) is 5.63. The van der Waals surface area contributed by atoms with Crippen LogP contribution in [-0.4, -0.2) is 37.0 Å². The Morgan fingerprint density at radius 1 is 1.23 bits per heavy atom. The van der Waals surface area contributed by atoms with E-state index in [9.17, 15) is 10.2 Å². The zero-order chi connectivity index (χ0) is 15.3. The maximum Gasteiger partial charge on any atom is 0.145 e. The summed E-state index contributed by atoms with van der Waals surface area (Å²) in [6.07, 6.45) is 2.32. The van der Waals surface area contributed by atoms with E-state index < -0.39 is 12.2 Å². The lowest BCUT2D eigenvalue weighted by Gasteiger charge is -2.18. The predicted molar refractivity (Wildman–Crippen MR) is 84.7 cm³/mol. The first-order chi connectivity index (χ1) is 10.7. The molecule has 0 spiro atoms. The number of fused-ring (bicyclic) bond motifs is 1. The largest absolute Gasteiger partial charge is 0.390 e. The van der Waals surface area contributed by atoms with Crippen LogP contribution in [0.2, 0.25) is 0 Å². The molecule has 3 aromatic heterocycles. The van der Waals surface area contributed by atoms with Crippen LogP contribution in [0.15, 0.2) is 36.1 Å². The maximum absolute atomic E-state index is 10.5. The minimum atomic E-state index is -0.834. The molecule has 1 aliphatic rings. The summed E-state index contributed by atoms with van der Waals surface area (Å²) in [5.74, 6) is 0.364. The van der Waals surface area contributed by atoms with Gasteiger partial charge in [0.1, 0.15) is 23.9 Å². The van der Waals surface area contributed by atoms with Crippen LogP contribution >= 0.6 is 11.3 Å². The van der Waals surface area contributed by atoms with Crippen LogP contribution in [0.3, 0.4) is 0 Å². The lowest BCUT2D eigenvalue weighted by molar-refractivity contribution is 0.0182. The fraction of sp³-hybridized carbons (Fsp3) is 0.333. The minimum Gasteiger partial charge on any atom is -0.390 e. The molecule has 0 radical (unpaired) electrons. The van der Waals surface area contributed by atoms with Gasteiger partial charge in [-0.25, -0.2) is 9.97 Å². The number of thiophene rings is 1. The van der Waals surface area contributed by atoms with Crippen molar-refractivity contribution in [2.24, 2.45) is 0 Å². The number of anilines is 1. The van der Waals surface area contributed by atoms with E-state index in [1.807, 2.05) is 34.3 Å². The molecule has 0 bridgehead atoms. The van der Waals surface area contributed by atoms with Crippen LogP contribution in [0.5, 0.6) is 0 Å². The van der Waals surface area contributed by atoms with Gasteiger partial charge in [-0.05, 0) is 23.9 Å². The molecule has 3 aromatic rings. The third-order valence-corrected chi connectivity index (χ3v) is 5.46. The van der Waals surface area contributed by atoms with Crippen LogP contribution in [0.4, 0.5) is 5.82 Å². The molecule has 4 rings (SSSR count). The average molecular weight is 316 g/mol. The Balaban J connectivity index is 1.74. The van der Waals surface area contributed by atoms with Crippen molar-refractivity contribution in [3.05, 3.63) is 41.0 Å². The zero-order valence-electron chi connectivity index (χ0n) is 11.7. The number of hydrogen-bond acceptors (Lipinski definition) is 6. The standard InChI is InChI=1S/C15H16N4O2S/c16-14-8-3-4-19(15(8)18-7-17-14)10-6-9(12(20)13(10)21)11-2-1-5-22-11/h1-5,7,9-10,12-13,20-21H,6H2,(H2,16,17,18)/t9-,10-,12-,13+/m1/s1. The fourth-order valence-electron chi connectivity index (χ4n) is 3.33. The van der Waals surface area contributed by atoms with E-state index in [4.69, 9.17) is 5.73 Å². The van der Waals surface area contributed by atoms with Gasteiger partial charge in [0.05, 0.1) is 17.5 Å². The highest BCUT2D eigenvalue weighted by Gasteiger charge is 2.43. The highest BCUT2D eigenvalue weighted by atomic mass is 32.1. The Morgan fingerprint density at radius 2 is 2.09 bits per heavy atom. The number of rotatable bonds is 2. The molecule has 1 saturated carbocycles. The van der Waals surface area contributed by atoms with Gasteiger partial charge in [-0.1, -0.05) is 6.07 Å². The number of aliphatic hydroxyl groups is 2. The SMILES string of the molecule is Nc1ncnc2c1ccn2[C@@H]1C[C@H](c2cccs2)[C@@H](O)[C@H]1O. The van der Waals surface area contributed by atoms with Gasteiger partial charge >= 0.3 is 0 Å². The van der Waals surface area contributed by atoms with Gasteiger partial charge in [0.25, 0.3) is 0 Å². The fourth-order valence-corrected chi connectivity index (χ4v) is 4.21. The van der Waals surface area contributed by atoms with Crippen molar-refractivity contribution in [3.63, 3.8) is 0 Å². The second kappa shape index (κ2) is 5.05. The summed E-state index contributed by atoms with van der Waals surface area (Å²) in [6.45, 7) is 0. The van der Waals surface area contributed by atoms with Crippen molar-refractivity contribution in [1.29, 1.82) is 0 Å². The van der Waals surface area contributed by atoms with Gasteiger partial charge in [0.2, 0.25) is 0 Å². The third-order valence-electron chi connectivity index (χ3n) is 4.46. The molecule has 1 fully saturated rings. The monoisotopic (exact) mass is 316 g/mol. The normalized spacial score (nSPS) is 28.5. The van der Waals surface area contributed by atoms with Gasteiger partial charge in [0.15, 0.2) is 0 Å². The molecule has 114 valence electrons. The van der Waals surface area contributed by atoms with E-state index in [1.54, 1.807) is 11.3 Å². The number of nitrogens with zero attached hydrogens (tertiary/aromatic N) is 3. The highest BCUT2D eigenvalue weighted by molar-refractivity contribution is 7.10. The summed E-state index contributed by atoms with van der Waals surface area (Å²) in [5, 5.41) is 23.7. The Kier molecular flexibility index (Phi) is 3.14. The third kappa shape index (κ3) is 1.93.